The van der Waals surface area contributed by atoms with Crippen LogP contribution in [0.15, 0.2) is 49.0 Å². The molecule has 0 saturated carbocycles. The zero-order valence-corrected chi connectivity index (χ0v) is 15.6. The molecular weight excluding hydrogens is 304 g/mol. The summed E-state index contributed by atoms with van der Waals surface area (Å²) in [5.41, 5.74) is 5.19. The molecule has 0 saturated heterocycles. The number of Topliss-reactive ketones (excluding diaryl/α,β-unsaturated/α-hetero) is 1. The zero-order valence-electron chi connectivity index (χ0n) is 15.6. The molecule has 2 aromatic rings. The van der Waals surface area contributed by atoms with Crippen molar-refractivity contribution in [2.45, 2.75) is 46.5 Å². The third-order valence-corrected chi connectivity index (χ3v) is 4.72. The molecule has 0 spiro atoms. The predicted octanol–water partition coefficient (Wildman–Crippen LogP) is 4.97. The lowest BCUT2D eigenvalue weighted by molar-refractivity contribution is -0.117. The van der Waals surface area contributed by atoms with E-state index in [2.05, 4.69) is 69.0 Å². The first kappa shape index (κ1) is 18.9. The fourth-order valence-electron chi connectivity index (χ4n) is 2.97. The van der Waals surface area contributed by atoms with Crippen LogP contribution in [-0.4, -0.2) is 5.78 Å². The number of aryl methyl sites for hydroxylation is 2. The molecule has 0 heterocycles. The van der Waals surface area contributed by atoms with Crippen LogP contribution in [0, 0.1) is 13.8 Å². The van der Waals surface area contributed by atoms with E-state index in [1.807, 2.05) is 13.0 Å². The smallest absolute Gasteiger partial charge is 0.136 e. The molecule has 0 amide bonds. The number of carbonyl (C=O) groups is 1. The lowest BCUT2D eigenvalue weighted by Gasteiger charge is -2.09. The standard InChI is InChI=1S/C14H16O.C10H12.H2/c1-2-13(15)10-12-8-5-7-11-6-3-4-9-14(11)12;1-4-10-6-5-8(2)9(3)7-10;/h3-4,6-7,9H,2,5,8,10H2,1H3;4-7H,1H2,2-3H3;1H. The third kappa shape index (κ3) is 5.29. The van der Waals surface area contributed by atoms with Gasteiger partial charge in [-0.05, 0) is 53.8 Å². The normalized spacial score (nSPS) is 12.4. The highest BCUT2D eigenvalue weighted by atomic mass is 16.1. The Balaban J connectivity index is 0.000000270. The van der Waals surface area contributed by atoms with Gasteiger partial charge >= 0.3 is 0 Å². The third-order valence-electron chi connectivity index (χ3n) is 4.72. The molecular formula is C24H30O. The zero-order chi connectivity index (χ0) is 18.2. The van der Waals surface area contributed by atoms with E-state index in [9.17, 15) is 4.79 Å². The Morgan fingerprint density at radius 3 is 2.60 bits per heavy atom. The van der Waals surface area contributed by atoms with Crippen molar-refractivity contribution in [1.29, 1.82) is 0 Å². The second-order valence-electron chi connectivity index (χ2n) is 6.55. The van der Waals surface area contributed by atoms with E-state index in [1.165, 1.54) is 32.7 Å². The largest absolute Gasteiger partial charge is 0.299 e. The molecule has 0 unspecified atom stereocenters. The van der Waals surface area contributed by atoms with Gasteiger partial charge in [0.15, 0.2) is 0 Å². The Hall–Kier alpha value is -2.41. The van der Waals surface area contributed by atoms with E-state index in [0.29, 0.717) is 18.6 Å². The van der Waals surface area contributed by atoms with Crippen molar-refractivity contribution in [3.05, 3.63) is 76.2 Å². The lowest BCUT2D eigenvalue weighted by Crippen LogP contribution is -2.29. The van der Waals surface area contributed by atoms with E-state index in [-0.39, 0.29) is 1.43 Å². The monoisotopic (exact) mass is 334 g/mol. The topological polar surface area (TPSA) is 17.1 Å². The van der Waals surface area contributed by atoms with Crippen molar-refractivity contribution < 1.29 is 6.22 Å². The lowest BCUT2D eigenvalue weighted by atomic mass is 9.95. The predicted molar refractivity (Wildman–Crippen MR) is 111 cm³/mol. The average molecular weight is 335 g/mol. The summed E-state index contributed by atoms with van der Waals surface area (Å²) < 4.78 is 0. The molecule has 1 nitrogen and oxygen atoms in total. The van der Waals surface area contributed by atoms with Gasteiger partial charge in [-0.3, -0.25) is 4.79 Å². The molecule has 0 aromatic heterocycles. The maximum Gasteiger partial charge on any atom is 0.136 e. The maximum atomic E-state index is 11.5. The Bertz CT molecular complexity index is 877. The van der Waals surface area contributed by atoms with Crippen LogP contribution in [0.2, 0.25) is 0 Å². The summed E-state index contributed by atoms with van der Waals surface area (Å²) >= 11 is 0. The number of rotatable bonds is 4. The van der Waals surface area contributed by atoms with Gasteiger partial charge < -0.3 is 0 Å². The van der Waals surface area contributed by atoms with E-state index in [1.54, 1.807) is 0 Å². The van der Waals surface area contributed by atoms with Gasteiger partial charge in [0.2, 0.25) is 0 Å². The first-order chi connectivity index (χ1) is 12.0. The van der Waals surface area contributed by atoms with Crippen molar-refractivity contribution in [1.82, 2.24) is 0 Å². The van der Waals surface area contributed by atoms with Gasteiger partial charge in [-0.2, -0.15) is 0 Å². The van der Waals surface area contributed by atoms with Gasteiger partial charge in [0, 0.05) is 14.3 Å². The highest BCUT2D eigenvalue weighted by molar-refractivity contribution is 5.86. The summed E-state index contributed by atoms with van der Waals surface area (Å²) in [7, 11) is 0. The second kappa shape index (κ2) is 9.17. The molecule has 1 aliphatic rings. The first-order valence-corrected chi connectivity index (χ1v) is 9.03. The number of carbonyl (C=O) groups excluding carboxylic acids is 1. The molecule has 0 bridgehead atoms. The minimum Gasteiger partial charge on any atom is -0.299 e. The van der Waals surface area contributed by atoms with Gasteiger partial charge in [-0.1, -0.05) is 73.7 Å². The fourth-order valence-corrected chi connectivity index (χ4v) is 2.97. The Morgan fingerprint density at radius 1 is 1.16 bits per heavy atom. The van der Waals surface area contributed by atoms with E-state index in [4.69, 9.17) is 0 Å². The molecule has 0 radical (unpaired) electrons. The molecule has 2 aromatic carbocycles. The summed E-state index contributed by atoms with van der Waals surface area (Å²) in [5.74, 6) is 0.349. The number of hydrogen-bond acceptors (Lipinski definition) is 1. The summed E-state index contributed by atoms with van der Waals surface area (Å²) in [5, 5.41) is 2.58. The highest BCUT2D eigenvalue weighted by Crippen LogP contribution is 2.13. The van der Waals surface area contributed by atoms with Crippen LogP contribution in [-0.2, 0) is 4.79 Å². The van der Waals surface area contributed by atoms with Gasteiger partial charge in [0.05, 0.1) is 0 Å². The molecule has 132 valence electrons. The van der Waals surface area contributed by atoms with Crippen molar-refractivity contribution in [3.8, 4) is 0 Å². The number of hydrogen-bond donors (Lipinski definition) is 0. The minimum absolute atomic E-state index is 0. The van der Waals surface area contributed by atoms with Crippen LogP contribution < -0.4 is 10.4 Å². The maximum absolute atomic E-state index is 11.5. The van der Waals surface area contributed by atoms with Crippen LogP contribution in [0.3, 0.4) is 0 Å². The van der Waals surface area contributed by atoms with E-state index < -0.39 is 0 Å². The van der Waals surface area contributed by atoms with Gasteiger partial charge in [0.25, 0.3) is 0 Å². The Morgan fingerprint density at radius 2 is 1.92 bits per heavy atom. The number of fused-ring (bicyclic) bond motifs is 1. The molecule has 1 aliphatic carbocycles. The molecule has 0 aliphatic heterocycles. The molecule has 0 N–H and O–H groups in total. The van der Waals surface area contributed by atoms with Gasteiger partial charge in [0.1, 0.15) is 5.78 Å². The van der Waals surface area contributed by atoms with Gasteiger partial charge in [-0.25, -0.2) is 0 Å². The summed E-state index contributed by atoms with van der Waals surface area (Å²) in [6.07, 6.45) is 7.53. The molecule has 1 heteroatoms. The number of benzene rings is 2. The van der Waals surface area contributed by atoms with Crippen LogP contribution in [0.5, 0.6) is 0 Å². The highest BCUT2D eigenvalue weighted by Gasteiger charge is 2.07. The quantitative estimate of drug-likeness (QED) is 0.771. The van der Waals surface area contributed by atoms with Crippen LogP contribution >= 0.6 is 0 Å². The minimum atomic E-state index is 0. The fraction of sp³-hybridized carbons (Fsp3) is 0.292. The second-order valence-corrected chi connectivity index (χ2v) is 6.55. The molecule has 3 rings (SSSR count). The van der Waals surface area contributed by atoms with Crippen LogP contribution in [0.4, 0.5) is 0 Å². The summed E-state index contributed by atoms with van der Waals surface area (Å²) in [4.78, 5) is 11.5. The van der Waals surface area contributed by atoms with Crippen LogP contribution in [0.25, 0.3) is 17.7 Å². The SMILES string of the molecule is C=Cc1ccc(C)c(C)c1.CCC(=O)CC1=c2ccccc2=CCC1.[HH]. The van der Waals surface area contributed by atoms with Crippen molar-refractivity contribution in [3.63, 3.8) is 0 Å². The van der Waals surface area contributed by atoms with Crippen LogP contribution in [0.1, 0.15) is 50.7 Å². The first-order valence-electron chi connectivity index (χ1n) is 9.03. The number of ketones is 1. The van der Waals surface area contributed by atoms with E-state index in [0.717, 1.165) is 12.8 Å². The average Bonchev–Trinajstić information content (AvgIpc) is 2.64. The molecule has 25 heavy (non-hydrogen) atoms. The van der Waals surface area contributed by atoms with Crippen molar-refractivity contribution in [2.24, 2.45) is 0 Å². The van der Waals surface area contributed by atoms with Gasteiger partial charge in [-0.15, -0.1) is 0 Å². The molecule has 0 fully saturated rings. The Kier molecular flexibility index (Phi) is 6.94. The van der Waals surface area contributed by atoms with E-state index >= 15 is 0 Å². The summed E-state index contributed by atoms with van der Waals surface area (Å²) in [6.45, 7) is 9.86. The summed E-state index contributed by atoms with van der Waals surface area (Å²) in [6, 6.07) is 14.7. The van der Waals surface area contributed by atoms with Crippen molar-refractivity contribution in [2.75, 3.05) is 0 Å². The van der Waals surface area contributed by atoms with Crippen molar-refractivity contribution >= 4 is 23.5 Å². The Labute approximate surface area is 152 Å². The molecule has 0 atom stereocenters.